The van der Waals surface area contributed by atoms with E-state index >= 15 is 0 Å². The number of ether oxygens (including phenoxy) is 2. The van der Waals surface area contributed by atoms with Gasteiger partial charge in [0, 0.05) is 23.6 Å². The lowest BCUT2D eigenvalue weighted by molar-refractivity contribution is -0.502. The first-order chi connectivity index (χ1) is 18.3. The maximum Gasteiger partial charge on any atom is 0.300 e. The molecule has 1 aliphatic carbocycles. The number of methoxy groups -OCH3 is 1. The van der Waals surface area contributed by atoms with E-state index in [-0.39, 0.29) is 18.1 Å². The summed E-state index contributed by atoms with van der Waals surface area (Å²) in [4.78, 5) is 5.27. The molecule has 1 N–H and O–H groups in total. The molecule has 38 heavy (non-hydrogen) atoms. The van der Waals surface area contributed by atoms with E-state index in [0.29, 0.717) is 0 Å². The molecule has 5 unspecified atom stereocenters. The fourth-order valence-electron chi connectivity index (χ4n) is 7.89. The van der Waals surface area contributed by atoms with Crippen LogP contribution in [0.5, 0.6) is 5.75 Å². The molecule has 3 aliphatic heterocycles. The maximum atomic E-state index is 12.2. The molecular formula is C33H31N2O3+. The van der Waals surface area contributed by atoms with Crippen LogP contribution in [0.15, 0.2) is 77.8 Å². The van der Waals surface area contributed by atoms with Crippen molar-refractivity contribution in [2.24, 2.45) is 10.9 Å². The van der Waals surface area contributed by atoms with Crippen molar-refractivity contribution in [1.29, 1.82) is 0 Å². The highest BCUT2D eigenvalue weighted by Gasteiger charge is 2.92. The number of hydrogen-bond acceptors (Lipinski definition) is 4. The third-order valence-electron chi connectivity index (χ3n) is 10.0. The van der Waals surface area contributed by atoms with Crippen LogP contribution in [0.1, 0.15) is 50.3 Å². The predicted molar refractivity (Wildman–Crippen MR) is 149 cm³/mol. The van der Waals surface area contributed by atoms with E-state index in [1.165, 1.54) is 5.39 Å². The van der Waals surface area contributed by atoms with E-state index in [1.54, 1.807) is 7.11 Å². The maximum absolute atomic E-state index is 12.2. The first-order valence-corrected chi connectivity index (χ1v) is 13.5. The van der Waals surface area contributed by atoms with E-state index in [1.807, 2.05) is 0 Å². The molecule has 0 radical (unpaired) electrons. The van der Waals surface area contributed by atoms with Gasteiger partial charge in [-0.15, -0.1) is 0 Å². The molecule has 5 atom stereocenters. The summed E-state index contributed by atoms with van der Waals surface area (Å²) < 4.78 is 15.0. The molecule has 1 fully saturated rings. The van der Waals surface area contributed by atoms with Gasteiger partial charge in [0.05, 0.1) is 5.92 Å². The Bertz CT molecular complexity index is 1790. The van der Waals surface area contributed by atoms with E-state index in [9.17, 15) is 5.11 Å². The normalized spacial score (nSPS) is 32.3. The summed E-state index contributed by atoms with van der Waals surface area (Å²) in [6, 6.07) is 25.8. The van der Waals surface area contributed by atoms with Crippen molar-refractivity contribution < 1.29 is 19.2 Å². The Morgan fingerprint density at radius 2 is 1.63 bits per heavy atom. The third-order valence-corrected chi connectivity index (χ3v) is 10.0. The molecule has 4 aromatic carbocycles. The smallest absolute Gasteiger partial charge is 0.300 e. The lowest BCUT2D eigenvalue weighted by Crippen LogP contribution is -2.53. The zero-order chi connectivity index (χ0) is 26.2. The van der Waals surface area contributed by atoms with Crippen molar-refractivity contribution in [3.63, 3.8) is 0 Å². The van der Waals surface area contributed by atoms with Gasteiger partial charge >= 0.3 is 5.84 Å². The van der Waals surface area contributed by atoms with E-state index in [2.05, 4.69) is 105 Å². The number of aliphatic hydroxyl groups is 1. The summed E-state index contributed by atoms with van der Waals surface area (Å²) in [7, 11) is 1.62. The highest BCUT2D eigenvalue weighted by Crippen LogP contribution is 2.71. The van der Waals surface area contributed by atoms with Crippen molar-refractivity contribution in [2.45, 2.75) is 56.6 Å². The van der Waals surface area contributed by atoms with Gasteiger partial charge in [0.15, 0.2) is 5.54 Å². The van der Waals surface area contributed by atoms with Crippen LogP contribution in [0.25, 0.3) is 21.5 Å². The minimum absolute atomic E-state index is 0.0971. The van der Waals surface area contributed by atoms with Crippen molar-refractivity contribution >= 4 is 33.1 Å². The van der Waals surface area contributed by atoms with E-state index in [0.717, 1.165) is 50.1 Å². The van der Waals surface area contributed by atoms with Gasteiger partial charge in [-0.2, -0.15) is 0 Å². The molecule has 5 heteroatoms. The fourth-order valence-corrected chi connectivity index (χ4v) is 7.89. The Morgan fingerprint density at radius 1 is 0.947 bits per heavy atom. The number of nitrogens with zero attached hydrogens (tertiary/aromatic N) is 2. The van der Waals surface area contributed by atoms with Crippen LogP contribution in [-0.4, -0.2) is 45.9 Å². The topological polar surface area (TPSA) is 54.1 Å². The molecule has 3 heterocycles. The Morgan fingerprint density at radius 3 is 2.34 bits per heavy atom. The molecule has 5 nitrogen and oxygen atoms in total. The first kappa shape index (κ1) is 22.4. The molecule has 4 aromatic rings. The Balaban J connectivity index is 1.51. The van der Waals surface area contributed by atoms with Gasteiger partial charge in [-0.3, -0.25) is 0 Å². The van der Waals surface area contributed by atoms with Crippen LogP contribution in [0.3, 0.4) is 0 Å². The van der Waals surface area contributed by atoms with Crippen molar-refractivity contribution in [2.75, 3.05) is 7.11 Å². The molecule has 190 valence electrons. The van der Waals surface area contributed by atoms with Gasteiger partial charge in [0.2, 0.25) is 5.79 Å². The summed E-state index contributed by atoms with van der Waals surface area (Å²) >= 11 is 0. The fraction of sp³-hybridized carbons (Fsp3) is 0.333. The van der Waals surface area contributed by atoms with Crippen LogP contribution in [0.4, 0.5) is 0 Å². The summed E-state index contributed by atoms with van der Waals surface area (Å²) in [5.74, 6) is 0.490. The zero-order valence-corrected chi connectivity index (χ0v) is 22.3. The van der Waals surface area contributed by atoms with Gasteiger partial charge in [0.25, 0.3) is 6.23 Å². The van der Waals surface area contributed by atoms with Crippen LogP contribution >= 0.6 is 0 Å². The Hall–Kier alpha value is -3.54. The SMILES string of the molecule is COC1(O)C2(C)c3cc4ccccc4cc3C3=[N+](C(C(C)C)=NC4Oc5c(ccc6ccccc56)C34)C12C. The molecule has 0 bridgehead atoms. The zero-order valence-electron chi connectivity index (χ0n) is 22.3. The summed E-state index contributed by atoms with van der Waals surface area (Å²) in [6.07, 6.45) is -0.360. The van der Waals surface area contributed by atoms with Gasteiger partial charge in [0.1, 0.15) is 22.8 Å². The third kappa shape index (κ3) is 2.25. The van der Waals surface area contributed by atoms with Gasteiger partial charge in [-0.05, 0) is 52.7 Å². The lowest BCUT2D eigenvalue weighted by atomic mass is 9.76. The first-order valence-electron chi connectivity index (χ1n) is 13.5. The number of rotatable bonds is 2. The Labute approximate surface area is 222 Å². The number of aliphatic imine (C=N–C) groups is 1. The van der Waals surface area contributed by atoms with E-state index in [4.69, 9.17) is 14.5 Å². The molecule has 0 aromatic heterocycles. The van der Waals surface area contributed by atoms with Crippen LogP contribution < -0.4 is 4.74 Å². The summed E-state index contributed by atoms with van der Waals surface area (Å²) in [6.45, 7) is 8.60. The number of fused-ring (bicyclic) bond motifs is 12. The second kappa shape index (κ2) is 6.90. The second-order valence-corrected chi connectivity index (χ2v) is 11.8. The highest BCUT2D eigenvalue weighted by molar-refractivity contribution is 6.12. The average molecular weight is 504 g/mol. The summed E-state index contributed by atoms with van der Waals surface area (Å²) in [5, 5.41) is 16.8. The van der Waals surface area contributed by atoms with E-state index < -0.39 is 16.7 Å². The number of hydrogen-bond donors (Lipinski definition) is 1. The molecule has 1 saturated carbocycles. The minimum Gasteiger partial charge on any atom is -0.446 e. The predicted octanol–water partition coefficient (Wildman–Crippen LogP) is 5.74. The van der Waals surface area contributed by atoms with Crippen LogP contribution in [0, 0.1) is 5.92 Å². The van der Waals surface area contributed by atoms with Gasteiger partial charge in [-0.25, -0.2) is 4.58 Å². The quantitative estimate of drug-likeness (QED) is 0.280. The molecule has 0 saturated heterocycles. The average Bonchev–Trinajstić information content (AvgIpc) is 3.17. The molecule has 4 aliphatic rings. The summed E-state index contributed by atoms with van der Waals surface area (Å²) in [5.41, 5.74) is 3.18. The highest BCUT2D eigenvalue weighted by atomic mass is 16.6. The van der Waals surface area contributed by atoms with Crippen molar-refractivity contribution in [3.8, 4) is 5.75 Å². The number of benzene rings is 4. The molecule has 0 spiro atoms. The van der Waals surface area contributed by atoms with Crippen molar-refractivity contribution in [3.05, 3.63) is 89.5 Å². The molecule has 8 rings (SSSR count). The largest absolute Gasteiger partial charge is 0.446 e. The lowest BCUT2D eigenvalue weighted by Gasteiger charge is -2.34. The van der Waals surface area contributed by atoms with Gasteiger partial charge < -0.3 is 14.6 Å². The van der Waals surface area contributed by atoms with Crippen LogP contribution in [0.2, 0.25) is 0 Å². The Kier molecular flexibility index (Phi) is 4.08. The minimum atomic E-state index is -1.38. The monoisotopic (exact) mass is 503 g/mol. The van der Waals surface area contributed by atoms with Crippen molar-refractivity contribution in [1.82, 2.24) is 0 Å². The van der Waals surface area contributed by atoms with Crippen LogP contribution in [-0.2, 0) is 10.2 Å². The molecular weight excluding hydrogens is 472 g/mol. The van der Waals surface area contributed by atoms with Gasteiger partial charge in [-0.1, -0.05) is 74.5 Å². The number of amidine groups is 1. The second-order valence-electron chi connectivity index (χ2n) is 11.8. The standard InChI is InChI=1S/C33H31N2O3/c1-18(2)29-34-30-26(23-15-14-19-10-8-9-13-22(19)28(23)38-30)27-24-16-20-11-6-7-12-21(20)17-25(24)31(3)32(4,35(27)29)33(31,36)37-5/h6-18,26,30,36H,1-5H3/q+1. The molecule has 0 amide bonds.